The highest BCUT2D eigenvalue weighted by Gasteiger charge is 2.19. The second-order valence-corrected chi connectivity index (χ2v) is 7.65. The molecular weight excluding hydrogens is 320 g/mol. The molecule has 0 radical (unpaired) electrons. The summed E-state index contributed by atoms with van der Waals surface area (Å²) >= 11 is 0. The minimum Gasteiger partial charge on any atom is -0.461 e. The van der Waals surface area contributed by atoms with Crippen LogP contribution in [0, 0.1) is 5.41 Å². The van der Waals surface area contributed by atoms with Crippen LogP contribution in [-0.4, -0.2) is 35.1 Å². The summed E-state index contributed by atoms with van der Waals surface area (Å²) < 4.78 is 4.71. The zero-order chi connectivity index (χ0) is 19.1. The molecule has 0 aliphatic heterocycles. The van der Waals surface area contributed by atoms with Crippen molar-refractivity contribution < 1.29 is 9.53 Å². The lowest BCUT2D eigenvalue weighted by molar-refractivity contribution is 0.0517. The number of nitrogens with one attached hydrogen (secondary N) is 1. The molecular formula is C18H36N4O3. The average Bonchev–Trinajstić information content (AvgIpc) is 2.45. The number of H-pyrrole nitrogens is 1. The van der Waals surface area contributed by atoms with Gasteiger partial charge in [-0.2, -0.15) is 0 Å². The van der Waals surface area contributed by atoms with Crippen molar-refractivity contribution in [3.63, 3.8) is 0 Å². The first-order chi connectivity index (χ1) is 10.8. The molecule has 1 aromatic rings. The SMILES string of the molecule is C.CC(C)(C)C(N)CN.CCOC(=O)c1ncc(C(C)(C)C)[nH]c1=O. The van der Waals surface area contributed by atoms with Crippen LogP contribution in [0.15, 0.2) is 11.0 Å². The monoisotopic (exact) mass is 356 g/mol. The van der Waals surface area contributed by atoms with Gasteiger partial charge in [-0.15, -0.1) is 0 Å². The van der Waals surface area contributed by atoms with Crippen molar-refractivity contribution in [3.8, 4) is 0 Å². The molecule has 1 heterocycles. The summed E-state index contributed by atoms with van der Waals surface area (Å²) in [5.41, 5.74) is 10.9. The second-order valence-electron chi connectivity index (χ2n) is 7.65. The molecule has 0 amide bonds. The molecule has 1 unspecified atom stereocenters. The number of nitrogens with zero attached hydrogens (tertiary/aromatic N) is 1. The van der Waals surface area contributed by atoms with E-state index in [-0.39, 0.29) is 36.6 Å². The number of ether oxygens (including phenoxy) is 1. The van der Waals surface area contributed by atoms with E-state index in [4.69, 9.17) is 16.2 Å². The molecule has 0 aliphatic carbocycles. The van der Waals surface area contributed by atoms with E-state index in [1.165, 1.54) is 6.20 Å². The van der Waals surface area contributed by atoms with E-state index in [0.717, 1.165) is 0 Å². The molecule has 0 aromatic carbocycles. The van der Waals surface area contributed by atoms with E-state index in [9.17, 15) is 9.59 Å². The highest BCUT2D eigenvalue weighted by atomic mass is 16.5. The fraction of sp³-hybridized carbons (Fsp3) is 0.722. The third-order valence-corrected chi connectivity index (χ3v) is 3.43. The Bertz CT molecular complexity index is 583. The smallest absolute Gasteiger partial charge is 0.362 e. The number of carbonyl (C=O) groups excluding carboxylic acids is 1. The second kappa shape index (κ2) is 10.3. The predicted molar refractivity (Wildman–Crippen MR) is 103 cm³/mol. The Balaban J connectivity index is 0. The number of rotatable bonds is 3. The van der Waals surface area contributed by atoms with Gasteiger partial charge in [-0.3, -0.25) is 4.79 Å². The molecule has 7 nitrogen and oxygen atoms in total. The van der Waals surface area contributed by atoms with Gasteiger partial charge in [0.05, 0.1) is 6.61 Å². The highest BCUT2D eigenvalue weighted by molar-refractivity contribution is 5.86. The largest absolute Gasteiger partial charge is 0.461 e. The maximum absolute atomic E-state index is 11.6. The molecule has 146 valence electrons. The Labute approximate surface area is 151 Å². The number of nitrogens with two attached hydrogens (primary N) is 2. The summed E-state index contributed by atoms with van der Waals surface area (Å²) in [7, 11) is 0. The molecule has 0 spiro atoms. The summed E-state index contributed by atoms with van der Waals surface area (Å²) in [5.74, 6) is -0.691. The Kier molecular flexibility index (Phi) is 10.5. The van der Waals surface area contributed by atoms with Gasteiger partial charge in [-0.05, 0) is 12.3 Å². The lowest BCUT2D eigenvalue weighted by atomic mass is 9.88. The molecule has 0 saturated carbocycles. The number of esters is 1. The van der Waals surface area contributed by atoms with Crippen LogP contribution in [0.25, 0.3) is 0 Å². The van der Waals surface area contributed by atoms with Gasteiger partial charge in [0.2, 0.25) is 5.69 Å². The van der Waals surface area contributed by atoms with Gasteiger partial charge >= 0.3 is 5.97 Å². The van der Waals surface area contributed by atoms with Gasteiger partial charge in [0.25, 0.3) is 5.56 Å². The summed E-state index contributed by atoms with van der Waals surface area (Å²) in [6.07, 6.45) is 1.49. The predicted octanol–water partition coefficient (Wildman–Crippen LogP) is 2.20. The summed E-state index contributed by atoms with van der Waals surface area (Å²) in [4.78, 5) is 29.4. The molecule has 0 saturated heterocycles. The quantitative estimate of drug-likeness (QED) is 0.713. The van der Waals surface area contributed by atoms with Crippen molar-refractivity contribution >= 4 is 5.97 Å². The Morgan fingerprint density at radius 3 is 2.08 bits per heavy atom. The number of carbonyl (C=O) groups is 1. The van der Waals surface area contributed by atoms with Crippen LogP contribution in [0.2, 0.25) is 0 Å². The van der Waals surface area contributed by atoms with Crippen LogP contribution < -0.4 is 17.0 Å². The zero-order valence-electron chi connectivity index (χ0n) is 15.9. The van der Waals surface area contributed by atoms with Crippen LogP contribution in [0.4, 0.5) is 0 Å². The average molecular weight is 357 g/mol. The van der Waals surface area contributed by atoms with Crippen molar-refractivity contribution in [1.29, 1.82) is 0 Å². The van der Waals surface area contributed by atoms with E-state index in [0.29, 0.717) is 12.2 Å². The van der Waals surface area contributed by atoms with Crippen molar-refractivity contribution in [2.24, 2.45) is 16.9 Å². The molecule has 1 atom stereocenters. The molecule has 25 heavy (non-hydrogen) atoms. The van der Waals surface area contributed by atoms with Crippen LogP contribution in [0.1, 0.15) is 72.1 Å². The Morgan fingerprint density at radius 1 is 1.28 bits per heavy atom. The zero-order valence-corrected chi connectivity index (χ0v) is 15.9. The van der Waals surface area contributed by atoms with Gasteiger partial charge in [0, 0.05) is 29.9 Å². The van der Waals surface area contributed by atoms with Crippen LogP contribution in [0.5, 0.6) is 0 Å². The fourth-order valence-electron chi connectivity index (χ4n) is 1.48. The third-order valence-electron chi connectivity index (χ3n) is 3.43. The summed E-state index contributed by atoms with van der Waals surface area (Å²) in [5, 5.41) is 0. The van der Waals surface area contributed by atoms with Gasteiger partial charge in [-0.1, -0.05) is 49.0 Å². The van der Waals surface area contributed by atoms with E-state index in [1.54, 1.807) is 6.92 Å². The molecule has 0 fully saturated rings. The van der Waals surface area contributed by atoms with Crippen molar-refractivity contribution in [2.45, 2.75) is 67.3 Å². The van der Waals surface area contributed by atoms with Crippen LogP contribution >= 0.6 is 0 Å². The topological polar surface area (TPSA) is 124 Å². The maximum Gasteiger partial charge on any atom is 0.362 e. The van der Waals surface area contributed by atoms with E-state index in [1.807, 2.05) is 20.8 Å². The van der Waals surface area contributed by atoms with Gasteiger partial charge < -0.3 is 21.2 Å². The molecule has 0 aliphatic rings. The van der Waals surface area contributed by atoms with E-state index < -0.39 is 11.5 Å². The first kappa shape index (κ1) is 25.5. The van der Waals surface area contributed by atoms with Gasteiger partial charge in [-0.25, -0.2) is 9.78 Å². The molecule has 7 heteroatoms. The minimum absolute atomic E-state index is 0. The highest BCUT2D eigenvalue weighted by Crippen LogP contribution is 2.17. The standard InChI is InChI=1S/C11H16N2O3.C6H16N2.CH4/c1-5-16-10(15)8-9(14)13-7(6-12-8)11(2,3)4;1-6(2,3)5(8)4-7;/h6H,5H2,1-4H3,(H,13,14);5H,4,7-8H2,1-3H3;1H4. The molecule has 5 N–H and O–H groups in total. The van der Waals surface area contributed by atoms with Crippen molar-refractivity contribution in [3.05, 3.63) is 27.9 Å². The van der Waals surface area contributed by atoms with Crippen LogP contribution in [0.3, 0.4) is 0 Å². The number of hydrogen-bond acceptors (Lipinski definition) is 6. The minimum atomic E-state index is -0.691. The van der Waals surface area contributed by atoms with Gasteiger partial charge in [0.1, 0.15) is 0 Å². The summed E-state index contributed by atoms with van der Waals surface area (Å²) in [6, 6.07) is 0.127. The van der Waals surface area contributed by atoms with Gasteiger partial charge in [0.15, 0.2) is 0 Å². The fourth-order valence-corrected chi connectivity index (χ4v) is 1.48. The lowest BCUT2D eigenvalue weighted by Crippen LogP contribution is -2.41. The third kappa shape index (κ3) is 8.79. The maximum atomic E-state index is 11.6. The number of aromatic amines is 1. The molecule has 1 aromatic heterocycles. The lowest BCUT2D eigenvalue weighted by Gasteiger charge is -2.25. The molecule has 1 rings (SSSR count). The first-order valence-electron chi connectivity index (χ1n) is 8.07. The Hall–Kier alpha value is -1.73. The first-order valence-corrected chi connectivity index (χ1v) is 8.07. The van der Waals surface area contributed by atoms with Crippen molar-refractivity contribution in [2.75, 3.05) is 13.2 Å². The normalized spacial score (nSPS) is 12.4. The van der Waals surface area contributed by atoms with Crippen LogP contribution in [-0.2, 0) is 10.2 Å². The number of aromatic nitrogens is 2. The van der Waals surface area contributed by atoms with E-state index >= 15 is 0 Å². The Morgan fingerprint density at radius 2 is 1.80 bits per heavy atom. The molecule has 0 bridgehead atoms. The number of hydrogen-bond donors (Lipinski definition) is 3. The van der Waals surface area contributed by atoms with E-state index in [2.05, 4.69) is 30.7 Å². The van der Waals surface area contributed by atoms with Crippen molar-refractivity contribution in [1.82, 2.24) is 9.97 Å². The summed E-state index contributed by atoms with van der Waals surface area (Å²) in [6.45, 7) is 14.6.